The Hall–Kier alpha value is -1.06. The van der Waals surface area contributed by atoms with Gasteiger partial charge in [0.1, 0.15) is 0 Å². The molecule has 0 radical (unpaired) electrons. The Kier molecular flexibility index (Phi) is 8.19. The van der Waals surface area contributed by atoms with Gasteiger partial charge in [-0.25, -0.2) is 0 Å². The molecule has 0 spiro atoms. The highest BCUT2D eigenvalue weighted by Gasteiger charge is 2.32. The molecule has 0 aliphatic heterocycles. The zero-order chi connectivity index (χ0) is 20.2. The lowest BCUT2D eigenvalue weighted by molar-refractivity contribution is -0.132. The molecule has 0 bridgehead atoms. The fourth-order valence-corrected chi connectivity index (χ4v) is 2.13. The summed E-state index contributed by atoms with van der Waals surface area (Å²) in [5, 5.41) is 6.25. The number of hydrogen-bond donors (Lipinski definition) is 2. The maximum Gasteiger partial charge on any atom is 0.225 e. The van der Waals surface area contributed by atoms with Gasteiger partial charge in [-0.05, 0) is 38.0 Å². The molecule has 148 valence electrons. The average Bonchev–Trinajstić information content (AvgIpc) is 2.42. The SMILES string of the molecule is CC(CCC(C)(C)C(=O)N[C@@H](C)C(C)(C)C)[C@@H](C)NC(=O)C(C)(C)C. The summed E-state index contributed by atoms with van der Waals surface area (Å²) in [7, 11) is 0. The van der Waals surface area contributed by atoms with Crippen LogP contribution in [-0.2, 0) is 9.59 Å². The van der Waals surface area contributed by atoms with Crippen molar-refractivity contribution < 1.29 is 9.59 Å². The third kappa shape index (κ3) is 8.24. The summed E-state index contributed by atoms with van der Waals surface area (Å²) in [4.78, 5) is 24.8. The first-order chi connectivity index (χ1) is 11.0. The molecular weight excluding hydrogens is 312 g/mol. The van der Waals surface area contributed by atoms with Crippen LogP contribution in [0.2, 0.25) is 0 Å². The molecule has 0 aromatic heterocycles. The van der Waals surface area contributed by atoms with Gasteiger partial charge in [0, 0.05) is 22.9 Å². The molecule has 0 fully saturated rings. The predicted octanol–water partition coefficient (Wildman–Crippen LogP) is 4.53. The molecule has 0 heterocycles. The van der Waals surface area contributed by atoms with Gasteiger partial charge in [-0.3, -0.25) is 9.59 Å². The first-order valence-corrected chi connectivity index (χ1v) is 9.60. The minimum atomic E-state index is -0.415. The number of amides is 2. The van der Waals surface area contributed by atoms with E-state index in [1.165, 1.54) is 0 Å². The lowest BCUT2D eigenvalue weighted by atomic mass is 9.81. The van der Waals surface area contributed by atoms with Crippen LogP contribution in [0.5, 0.6) is 0 Å². The zero-order valence-corrected chi connectivity index (χ0v) is 18.5. The second-order valence-electron chi connectivity index (χ2n) is 10.5. The van der Waals surface area contributed by atoms with Gasteiger partial charge in [-0.15, -0.1) is 0 Å². The molecule has 4 heteroatoms. The molecule has 0 aliphatic carbocycles. The van der Waals surface area contributed by atoms with Crippen molar-refractivity contribution in [1.82, 2.24) is 10.6 Å². The van der Waals surface area contributed by atoms with Crippen LogP contribution >= 0.6 is 0 Å². The van der Waals surface area contributed by atoms with Crippen molar-refractivity contribution in [1.29, 1.82) is 0 Å². The van der Waals surface area contributed by atoms with Crippen molar-refractivity contribution >= 4 is 11.8 Å². The molecule has 2 amide bonds. The van der Waals surface area contributed by atoms with Gasteiger partial charge in [0.15, 0.2) is 0 Å². The van der Waals surface area contributed by atoms with E-state index in [0.717, 1.165) is 12.8 Å². The third-order valence-electron chi connectivity index (χ3n) is 5.38. The first kappa shape index (κ1) is 23.9. The molecular formula is C21H42N2O2. The Balaban J connectivity index is 4.61. The summed E-state index contributed by atoms with van der Waals surface area (Å²) in [6, 6.07) is 0.223. The van der Waals surface area contributed by atoms with Crippen LogP contribution in [0.1, 0.15) is 89.0 Å². The monoisotopic (exact) mass is 354 g/mol. The van der Waals surface area contributed by atoms with E-state index < -0.39 is 5.41 Å². The second kappa shape index (κ2) is 8.55. The van der Waals surface area contributed by atoms with Gasteiger partial charge in [-0.1, -0.05) is 62.3 Å². The van der Waals surface area contributed by atoms with Crippen molar-refractivity contribution in [2.24, 2.45) is 22.2 Å². The number of rotatable bonds is 7. The van der Waals surface area contributed by atoms with Crippen LogP contribution in [0.4, 0.5) is 0 Å². The second-order valence-corrected chi connectivity index (χ2v) is 10.5. The highest BCUT2D eigenvalue weighted by atomic mass is 16.2. The summed E-state index contributed by atoms with van der Waals surface area (Å²) in [5.74, 6) is 0.495. The van der Waals surface area contributed by atoms with Gasteiger partial charge >= 0.3 is 0 Å². The number of hydrogen-bond acceptors (Lipinski definition) is 2. The van der Waals surface area contributed by atoms with Crippen LogP contribution in [-0.4, -0.2) is 23.9 Å². The molecule has 4 nitrogen and oxygen atoms in total. The van der Waals surface area contributed by atoms with Gasteiger partial charge in [0.2, 0.25) is 11.8 Å². The maximum absolute atomic E-state index is 12.6. The van der Waals surface area contributed by atoms with Crippen molar-refractivity contribution in [2.75, 3.05) is 0 Å². The standard InChI is InChI=1S/C21H42N2O2/c1-14(15(2)22-17(24)20(7,8)9)12-13-21(10,11)18(25)23-16(3)19(4,5)6/h14-16H,12-13H2,1-11H3,(H,22,24)(H,23,25)/t14?,15-,16+/m1/s1. The Morgan fingerprint density at radius 1 is 0.800 bits per heavy atom. The Bertz CT molecular complexity index is 455. The van der Waals surface area contributed by atoms with Gasteiger partial charge in [-0.2, -0.15) is 0 Å². The van der Waals surface area contributed by atoms with Crippen molar-refractivity contribution in [3.8, 4) is 0 Å². The first-order valence-electron chi connectivity index (χ1n) is 9.60. The topological polar surface area (TPSA) is 58.2 Å². The summed E-state index contributed by atoms with van der Waals surface area (Å²) in [5.41, 5.74) is -0.747. The minimum Gasteiger partial charge on any atom is -0.353 e. The van der Waals surface area contributed by atoms with E-state index in [2.05, 4.69) is 45.3 Å². The van der Waals surface area contributed by atoms with Crippen molar-refractivity contribution in [3.05, 3.63) is 0 Å². The molecule has 0 saturated carbocycles. The molecule has 0 aromatic carbocycles. The van der Waals surface area contributed by atoms with Crippen molar-refractivity contribution in [2.45, 2.75) is 101 Å². The van der Waals surface area contributed by atoms with Crippen molar-refractivity contribution in [3.63, 3.8) is 0 Å². The number of nitrogens with one attached hydrogen (secondary N) is 2. The smallest absolute Gasteiger partial charge is 0.225 e. The fourth-order valence-electron chi connectivity index (χ4n) is 2.13. The van der Waals surface area contributed by atoms with Crippen LogP contribution in [0, 0.1) is 22.2 Å². The van der Waals surface area contributed by atoms with Crippen LogP contribution in [0.3, 0.4) is 0 Å². The molecule has 0 aliphatic rings. The zero-order valence-electron chi connectivity index (χ0n) is 18.5. The highest BCUT2D eigenvalue weighted by molar-refractivity contribution is 5.82. The van der Waals surface area contributed by atoms with Crippen LogP contribution in [0.15, 0.2) is 0 Å². The summed E-state index contributed by atoms with van der Waals surface area (Å²) >= 11 is 0. The predicted molar refractivity (Wildman–Crippen MR) is 106 cm³/mol. The Labute approximate surface area is 155 Å². The summed E-state index contributed by atoms with van der Waals surface area (Å²) in [6.07, 6.45) is 1.70. The van der Waals surface area contributed by atoms with Gasteiger partial charge < -0.3 is 10.6 Å². The molecule has 0 aromatic rings. The summed E-state index contributed by atoms with van der Waals surface area (Å²) < 4.78 is 0. The molecule has 1 unspecified atom stereocenters. The molecule has 0 rings (SSSR count). The van der Waals surface area contributed by atoms with Gasteiger partial charge in [0.05, 0.1) is 0 Å². The third-order valence-corrected chi connectivity index (χ3v) is 5.38. The van der Waals surface area contributed by atoms with E-state index in [0.29, 0.717) is 5.92 Å². The largest absolute Gasteiger partial charge is 0.353 e. The molecule has 3 atom stereocenters. The summed E-state index contributed by atoms with van der Waals surface area (Å²) in [6.45, 7) is 22.4. The Morgan fingerprint density at radius 2 is 1.28 bits per heavy atom. The average molecular weight is 355 g/mol. The van der Waals surface area contributed by atoms with Crippen LogP contribution in [0.25, 0.3) is 0 Å². The Morgan fingerprint density at radius 3 is 1.68 bits per heavy atom. The van der Waals surface area contributed by atoms with Crippen LogP contribution < -0.4 is 10.6 Å². The van der Waals surface area contributed by atoms with E-state index in [4.69, 9.17) is 0 Å². The fraction of sp³-hybridized carbons (Fsp3) is 0.905. The molecule has 2 N–H and O–H groups in total. The number of carbonyl (C=O) groups excluding carboxylic acids is 2. The lowest BCUT2D eigenvalue weighted by Gasteiger charge is -2.33. The van der Waals surface area contributed by atoms with E-state index in [1.807, 2.05) is 41.5 Å². The highest BCUT2D eigenvalue weighted by Crippen LogP contribution is 2.28. The normalized spacial score (nSPS) is 16.8. The lowest BCUT2D eigenvalue weighted by Crippen LogP contribution is -2.47. The molecule has 25 heavy (non-hydrogen) atoms. The van der Waals surface area contributed by atoms with E-state index in [-0.39, 0.29) is 34.7 Å². The quantitative estimate of drug-likeness (QED) is 0.705. The van der Waals surface area contributed by atoms with E-state index in [9.17, 15) is 9.59 Å². The molecule has 0 saturated heterocycles. The van der Waals surface area contributed by atoms with Gasteiger partial charge in [0.25, 0.3) is 0 Å². The minimum absolute atomic E-state index is 0.0464. The number of carbonyl (C=O) groups is 2. The van der Waals surface area contributed by atoms with E-state index in [1.54, 1.807) is 0 Å². The maximum atomic E-state index is 12.6. The van der Waals surface area contributed by atoms with E-state index >= 15 is 0 Å².